The SMILES string of the molecule is CCC(O)C(O)CCc1ccc(C(C)C)cc1. The average molecular weight is 236 g/mol. The van der Waals surface area contributed by atoms with Gasteiger partial charge in [-0.3, -0.25) is 0 Å². The van der Waals surface area contributed by atoms with Crippen molar-refractivity contribution in [2.24, 2.45) is 0 Å². The van der Waals surface area contributed by atoms with E-state index >= 15 is 0 Å². The number of rotatable bonds is 6. The lowest BCUT2D eigenvalue weighted by Gasteiger charge is -2.16. The molecule has 2 nitrogen and oxygen atoms in total. The quantitative estimate of drug-likeness (QED) is 0.797. The summed E-state index contributed by atoms with van der Waals surface area (Å²) in [5, 5.41) is 19.1. The fraction of sp³-hybridized carbons (Fsp3) is 0.600. The zero-order valence-electron chi connectivity index (χ0n) is 11.1. The van der Waals surface area contributed by atoms with Gasteiger partial charge in [0.15, 0.2) is 0 Å². The Morgan fingerprint density at radius 2 is 1.59 bits per heavy atom. The fourth-order valence-electron chi connectivity index (χ4n) is 1.85. The lowest BCUT2D eigenvalue weighted by Crippen LogP contribution is -2.25. The third-order valence-corrected chi connectivity index (χ3v) is 3.24. The van der Waals surface area contributed by atoms with Crippen molar-refractivity contribution >= 4 is 0 Å². The van der Waals surface area contributed by atoms with Crippen molar-refractivity contribution < 1.29 is 10.2 Å². The summed E-state index contributed by atoms with van der Waals surface area (Å²) in [6, 6.07) is 8.51. The molecule has 0 aliphatic heterocycles. The maximum Gasteiger partial charge on any atom is 0.0802 e. The lowest BCUT2D eigenvalue weighted by atomic mass is 9.98. The molecule has 0 spiro atoms. The highest BCUT2D eigenvalue weighted by atomic mass is 16.3. The summed E-state index contributed by atoms with van der Waals surface area (Å²) in [7, 11) is 0. The Hall–Kier alpha value is -0.860. The Bertz CT molecular complexity index is 316. The molecule has 0 aliphatic rings. The van der Waals surface area contributed by atoms with Crippen LogP contribution in [0.2, 0.25) is 0 Å². The maximum atomic E-state index is 9.67. The second-order valence-corrected chi connectivity index (χ2v) is 4.98. The van der Waals surface area contributed by atoms with E-state index in [0.717, 1.165) is 6.42 Å². The van der Waals surface area contributed by atoms with Crippen molar-refractivity contribution in [1.29, 1.82) is 0 Å². The third kappa shape index (κ3) is 4.49. The van der Waals surface area contributed by atoms with Crippen LogP contribution in [0.3, 0.4) is 0 Å². The highest BCUT2D eigenvalue weighted by molar-refractivity contribution is 5.24. The van der Waals surface area contributed by atoms with E-state index in [1.54, 1.807) is 0 Å². The van der Waals surface area contributed by atoms with Crippen LogP contribution < -0.4 is 0 Å². The molecule has 1 aromatic rings. The molecule has 17 heavy (non-hydrogen) atoms. The topological polar surface area (TPSA) is 40.5 Å². The molecule has 1 aromatic carbocycles. The predicted octanol–water partition coefficient (Wildman–Crippen LogP) is 2.87. The first-order valence-corrected chi connectivity index (χ1v) is 6.49. The van der Waals surface area contributed by atoms with Gasteiger partial charge in [-0.25, -0.2) is 0 Å². The monoisotopic (exact) mass is 236 g/mol. The van der Waals surface area contributed by atoms with Gasteiger partial charge in [-0.1, -0.05) is 45.0 Å². The van der Waals surface area contributed by atoms with E-state index in [9.17, 15) is 10.2 Å². The lowest BCUT2D eigenvalue weighted by molar-refractivity contribution is 0.0130. The van der Waals surface area contributed by atoms with Gasteiger partial charge < -0.3 is 10.2 Å². The Balaban J connectivity index is 2.47. The zero-order valence-corrected chi connectivity index (χ0v) is 11.1. The summed E-state index contributed by atoms with van der Waals surface area (Å²) in [4.78, 5) is 0. The minimum Gasteiger partial charge on any atom is -0.390 e. The van der Waals surface area contributed by atoms with E-state index < -0.39 is 12.2 Å². The molecule has 96 valence electrons. The first-order valence-electron chi connectivity index (χ1n) is 6.49. The highest BCUT2D eigenvalue weighted by Crippen LogP contribution is 2.16. The van der Waals surface area contributed by atoms with Crippen molar-refractivity contribution in [3.63, 3.8) is 0 Å². The van der Waals surface area contributed by atoms with Crippen molar-refractivity contribution in [1.82, 2.24) is 0 Å². The van der Waals surface area contributed by atoms with Crippen molar-refractivity contribution in [3.8, 4) is 0 Å². The Morgan fingerprint density at radius 3 is 2.06 bits per heavy atom. The van der Waals surface area contributed by atoms with E-state index in [2.05, 4.69) is 38.1 Å². The van der Waals surface area contributed by atoms with Crippen LogP contribution in [0.15, 0.2) is 24.3 Å². The molecule has 2 atom stereocenters. The number of aliphatic hydroxyl groups excluding tert-OH is 2. The molecule has 0 bridgehead atoms. The molecule has 2 heteroatoms. The number of hydrogen-bond donors (Lipinski definition) is 2. The molecule has 0 aromatic heterocycles. The van der Waals surface area contributed by atoms with Gasteiger partial charge in [0.25, 0.3) is 0 Å². The number of hydrogen-bond acceptors (Lipinski definition) is 2. The summed E-state index contributed by atoms with van der Waals surface area (Å²) < 4.78 is 0. The third-order valence-electron chi connectivity index (χ3n) is 3.24. The van der Waals surface area contributed by atoms with Crippen LogP contribution >= 0.6 is 0 Å². The molecule has 0 saturated heterocycles. The van der Waals surface area contributed by atoms with E-state index in [0.29, 0.717) is 18.8 Å². The van der Waals surface area contributed by atoms with Crippen LogP contribution in [0, 0.1) is 0 Å². The fourth-order valence-corrected chi connectivity index (χ4v) is 1.85. The minimum absolute atomic E-state index is 0.552. The van der Waals surface area contributed by atoms with Gasteiger partial charge in [0, 0.05) is 0 Å². The smallest absolute Gasteiger partial charge is 0.0802 e. The van der Waals surface area contributed by atoms with Gasteiger partial charge >= 0.3 is 0 Å². The van der Waals surface area contributed by atoms with Gasteiger partial charge in [0.05, 0.1) is 12.2 Å². The van der Waals surface area contributed by atoms with Gasteiger partial charge in [0.2, 0.25) is 0 Å². The average Bonchev–Trinajstić information content (AvgIpc) is 2.35. The number of aliphatic hydroxyl groups is 2. The molecule has 0 fully saturated rings. The molecule has 0 amide bonds. The Kier molecular flexibility index (Phi) is 5.66. The molecule has 0 saturated carbocycles. The molecule has 0 heterocycles. The van der Waals surface area contributed by atoms with E-state index in [-0.39, 0.29) is 0 Å². The van der Waals surface area contributed by atoms with Crippen LogP contribution in [0.25, 0.3) is 0 Å². The van der Waals surface area contributed by atoms with Crippen LogP contribution in [-0.2, 0) is 6.42 Å². The maximum absolute atomic E-state index is 9.67. The summed E-state index contributed by atoms with van der Waals surface area (Å²) in [5.41, 5.74) is 2.56. The Labute approximate surface area is 104 Å². The van der Waals surface area contributed by atoms with Gasteiger partial charge in [0.1, 0.15) is 0 Å². The summed E-state index contributed by atoms with van der Waals surface area (Å²) in [5.74, 6) is 0.552. The second kappa shape index (κ2) is 6.77. The molecule has 0 radical (unpaired) electrons. The van der Waals surface area contributed by atoms with Gasteiger partial charge in [-0.2, -0.15) is 0 Å². The predicted molar refractivity (Wildman–Crippen MR) is 71.2 cm³/mol. The Morgan fingerprint density at radius 1 is 1.00 bits per heavy atom. The molecule has 1 rings (SSSR count). The van der Waals surface area contributed by atoms with E-state index in [1.165, 1.54) is 11.1 Å². The van der Waals surface area contributed by atoms with Crippen LogP contribution in [0.5, 0.6) is 0 Å². The summed E-state index contributed by atoms with van der Waals surface area (Å²) in [6.45, 7) is 6.23. The van der Waals surface area contributed by atoms with Crippen molar-refractivity contribution in [2.75, 3.05) is 0 Å². The van der Waals surface area contributed by atoms with E-state index in [4.69, 9.17) is 0 Å². The number of aryl methyl sites for hydroxylation is 1. The summed E-state index contributed by atoms with van der Waals surface area (Å²) >= 11 is 0. The molecule has 2 unspecified atom stereocenters. The van der Waals surface area contributed by atoms with Crippen LogP contribution in [-0.4, -0.2) is 22.4 Å². The van der Waals surface area contributed by atoms with Crippen molar-refractivity contribution in [2.45, 2.75) is 58.2 Å². The van der Waals surface area contributed by atoms with Crippen LogP contribution in [0.1, 0.15) is 50.7 Å². The number of benzene rings is 1. The second-order valence-electron chi connectivity index (χ2n) is 4.98. The molecular weight excluding hydrogens is 212 g/mol. The zero-order chi connectivity index (χ0) is 12.8. The largest absolute Gasteiger partial charge is 0.390 e. The standard InChI is InChI=1S/C15H24O2/c1-4-14(16)15(17)10-7-12-5-8-13(9-6-12)11(2)3/h5-6,8-9,11,14-17H,4,7,10H2,1-3H3. The molecule has 0 aliphatic carbocycles. The first kappa shape index (κ1) is 14.2. The molecule has 2 N–H and O–H groups in total. The normalized spacial score (nSPS) is 14.9. The van der Waals surface area contributed by atoms with E-state index in [1.807, 2.05) is 6.92 Å². The molecular formula is C15H24O2. The highest BCUT2D eigenvalue weighted by Gasteiger charge is 2.13. The van der Waals surface area contributed by atoms with Crippen LogP contribution in [0.4, 0.5) is 0 Å². The first-order chi connectivity index (χ1) is 8.04. The van der Waals surface area contributed by atoms with Gasteiger partial charge in [-0.15, -0.1) is 0 Å². The minimum atomic E-state index is -0.607. The van der Waals surface area contributed by atoms with Crippen molar-refractivity contribution in [3.05, 3.63) is 35.4 Å². The van der Waals surface area contributed by atoms with Gasteiger partial charge in [-0.05, 0) is 36.3 Å². The summed E-state index contributed by atoms with van der Waals surface area (Å²) in [6.07, 6.45) is 0.842.